The van der Waals surface area contributed by atoms with Gasteiger partial charge in [-0.2, -0.15) is 0 Å². The maximum absolute atomic E-state index is 9.38. The van der Waals surface area contributed by atoms with E-state index in [1.165, 1.54) is 37.9 Å². The second kappa shape index (κ2) is 7.65. The van der Waals surface area contributed by atoms with Gasteiger partial charge < -0.3 is 15.3 Å². The number of hydrogen-bond acceptors (Lipinski definition) is 3. The average molecular weight is 276 g/mol. The molecule has 1 saturated heterocycles. The molecule has 0 aromatic heterocycles. The molecule has 0 bridgehead atoms. The number of phenols is 1. The van der Waals surface area contributed by atoms with Crippen molar-refractivity contribution in [2.24, 2.45) is 0 Å². The maximum atomic E-state index is 9.38. The highest BCUT2D eigenvalue weighted by Crippen LogP contribution is 2.20. The van der Waals surface area contributed by atoms with Crippen molar-refractivity contribution in [2.75, 3.05) is 19.6 Å². The minimum absolute atomic E-state index is 0.338. The largest absolute Gasteiger partial charge is 0.508 e. The van der Waals surface area contributed by atoms with Crippen LogP contribution >= 0.6 is 0 Å². The van der Waals surface area contributed by atoms with Crippen LogP contribution in [0.3, 0.4) is 0 Å². The zero-order valence-electron chi connectivity index (χ0n) is 12.8. The van der Waals surface area contributed by atoms with E-state index in [1.807, 2.05) is 12.1 Å². The lowest BCUT2D eigenvalue weighted by Gasteiger charge is -2.31. The number of nitrogens with zero attached hydrogens (tertiary/aromatic N) is 1. The Balaban J connectivity index is 1.86. The SMILES string of the molecule is CCC(NC(C)CN1CCCCC1)c1ccc(O)cc1. The molecule has 1 aromatic rings. The second-order valence-electron chi connectivity index (χ2n) is 5.98. The van der Waals surface area contributed by atoms with Gasteiger partial charge in [-0.1, -0.05) is 25.5 Å². The quantitative estimate of drug-likeness (QED) is 0.837. The molecular formula is C17H28N2O. The Bertz CT molecular complexity index is 384. The number of phenolic OH excluding ortho intramolecular Hbond substituents is 1. The molecule has 0 radical (unpaired) electrons. The van der Waals surface area contributed by atoms with E-state index in [0.29, 0.717) is 17.8 Å². The number of aromatic hydroxyl groups is 1. The highest BCUT2D eigenvalue weighted by Gasteiger charge is 2.16. The van der Waals surface area contributed by atoms with Gasteiger partial charge in [-0.15, -0.1) is 0 Å². The van der Waals surface area contributed by atoms with Crippen molar-refractivity contribution in [3.8, 4) is 5.75 Å². The molecule has 20 heavy (non-hydrogen) atoms. The number of piperidine rings is 1. The minimum atomic E-state index is 0.338. The van der Waals surface area contributed by atoms with Crippen LogP contribution in [-0.2, 0) is 0 Å². The summed E-state index contributed by atoms with van der Waals surface area (Å²) in [7, 11) is 0. The van der Waals surface area contributed by atoms with Gasteiger partial charge in [-0.3, -0.25) is 0 Å². The van der Waals surface area contributed by atoms with Gasteiger partial charge in [0, 0.05) is 18.6 Å². The molecule has 3 heteroatoms. The third-order valence-electron chi connectivity index (χ3n) is 4.17. The Hall–Kier alpha value is -1.06. The predicted octanol–water partition coefficient (Wildman–Crippen LogP) is 3.31. The third kappa shape index (κ3) is 4.50. The summed E-state index contributed by atoms with van der Waals surface area (Å²) >= 11 is 0. The summed E-state index contributed by atoms with van der Waals surface area (Å²) in [6.07, 6.45) is 5.16. The van der Waals surface area contributed by atoms with Crippen LogP contribution in [-0.4, -0.2) is 35.7 Å². The second-order valence-corrected chi connectivity index (χ2v) is 5.98. The summed E-state index contributed by atoms with van der Waals surface area (Å²) in [5, 5.41) is 13.1. The zero-order valence-corrected chi connectivity index (χ0v) is 12.8. The molecule has 1 aliphatic rings. The van der Waals surface area contributed by atoms with Crippen LogP contribution in [0.1, 0.15) is 51.1 Å². The van der Waals surface area contributed by atoms with Crippen molar-refractivity contribution >= 4 is 0 Å². The fourth-order valence-corrected chi connectivity index (χ4v) is 3.08. The molecule has 2 unspecified atom stereocenters. The number of hydrogen-bond donors (Lipinski definition) is 2. The van der Waals surface area contributed by atoms with E-state index >= 15 is 0 Å². The first-order valence-electron chi connectivity index (χ1n) is 7.96. The van der Waals surface area contributed by atoms with Crippen LogP contribution in [0, 0.1) is 0 Å². The van der Waals surface area contributed by atoms with Gasteiger partial charge in [-0.05, 0) is 57.0 Å². The van der Waals surface area contributed by atoms with E-state index < -0.39 is 0 Å². The minimum Gasteiger partial charge on any atom is -0.508 e. The summed E-state index contributed by atoms with van der Waals surface area (Å²) in [4.78, 5) is 2.57. The number of rotatable bonds is 6. The van der Waals surface area contributed by atoms with Crippen LogP contribution in [0.5, 0.6) is 5.75 Å². The van der Waals surface area contributed by atoms with Crippen molar-refractivity contribution in [1.29, 1.82) is 0 Å². The fourth-order valence-electron chi connectivity index (χ4n) is 3.08. The summed E-state index contributed by atoms with van der Waals surface area (Å²) in [6.45, 7) is 8.12. The number of nitrogens with one attached hydrogen (secondary N) is 1. The first kappa shape index (κ1) is 15.3. The first-order valence-corrected chi connectivity index (χ1v) is 7.96. The molecule has 1 heterocycles. The predicted molar refractivity (Wildman–Crippen MR) is 84.0 cm³/mol. The molecule has 1 aromatic carbocycles. The highest BCUT2D eigenvalue weighted by atomic mass is 16.3. The van der Waals surface area contributed by atoms with Crippen LogP contribution < -0.4 is 5.32 Å². The lowest BCUT2D eigenvalue weighted by atomic mass is 10.0. The Morgan fingerprint density at radius 1 is 1.15 bits per heavy atom. The summed E-state index contributed by atoms with van der Waals surface area (Å²) in [6, 6.07) is 8.44. The van der Waals surface area contributed by atoms with Crippen molar-refractivity contribution in [3.63, 3.8) is 0 Å². The lowest BCUT2D eigenvalue weighted by Crippen LogP contribution is -2.42. The van der Waals surface area contributed by atoms with Crippen molar-refractivity contribution in [3.05, 3.63) is 29.8 Å². The van der Waals surface area contributed by atoms with Crippen LogP contribution in [0.15, 0.2) is 24.3 Å². The van der Waals surface area contributed by atoms with E-state index in [0.717, 1.165) is 13.0 Å². The van der Waals surface area contributed by atoms with Crippen LogP contribution in [0.4, 0.5) is 0 Å². The van der Waals surface area contributed by atoms with Crippen molar-refractivity contribution in [2.45, 2.75) is 51.6 Å². The van der Waals surface area contributed by atoms with Crippen molar-refractivity contribution in [1.82, 2.24) is 10.2 Å². The standard InChI is InChI=1S/C17H28N2O/c1-3-17(15-7-9-16(20)10-8-15)18-14(2)13-19-11-5-4-6-12-19/h7-10,14,17-18,20H,3-6,11-13H2,1-2H3. The van der Waals surface area contributed by atoms with Gasteiger partial charge in [0.15, 0.2) is 0 Å². The first-order chi connectivity index (χ1) is 9.69. The van der Waals surface area contributed by atoms with Gasteiger partial charge in [0.2, 0.25) is 0 Å². The fraction of sp³-hybridized carbons (Fsp3) is 0.647. The van der Waals surface area contributed by atoms with Gasteiger partial charge >= 0.3 is 0 Å². The molecule has 0 amide bonds. The number of likely N-dealkylation sites (tertiary alicyclic amines) is 1. The van der Waals surface area contributed by atoms with E-state index in [1.54, 1.807) is 12.1 Å². The molecule has 0 saturated carbocycles. The Kier molecular flexibility index (Phi) is 5.86. The molecule has 1 aliphatic heterocycles. The molecule has 112 valence electrons. The Morgan fingerprint density at radius 3 is 2.40 bits per heavy atom. The van der Waals surface area contributed by atoms with Gasteiger partial charge in [0.25, 0.3) is 0 Å². The van der Waals surface area contributed by atoms with Gasteiger partial charge in [-0.25, -0.2) is 0 Å². The Morgan fingerprint density at radius 2 is 1.80 bits per heavy atom. The highest BCUT2D eigenvalue weighted by molar-refractivity contribution is 5.28. The smallest absolute Gasteiger partial charge is 0.115 e. The summed E-state index contributed by atoms with van der Waals surface area (Å²) in [5.41, 5.74) is 1.26. The van der Waals surface area contributed by atoms with Crippen LogP contribution in [0.2, 0.25) is 0 Å². The zero-order chi connectivity index (χ0) is 14.4. The van der Waals surface area contributed by atoms with Gasteiger partial charge in [0.1, 0.15) is 5.75 Å². The summed E-state index contributed by atoms with van der Waals surface area (Å²) < 4.78 is 0. The average Bonchev–Trinajstić information content (AvgIpc) is 2.47. The monoisotopic (exact) mass is 276 g/mol. The molecule has 0 spiro atoms. The molecule has 2 rings (SSSR count). The molecule has 2 atom stereocenters. The van der Waals surface area contributed by atoms with Crippen molar-refractivity contribution < 1.29 is 5.11 Å². The molecule has 3 nitrogen and oxygen atoms in total. The van der Waals surface area contributed by atoms with Gasteiger partial charge in [0.05, 0.1) is 0 Å². The third-order valence-corrected chi connectivity index (χ3v) is 4.17. The maximum Gasteiger partial charge on any atom is 0.115 e. The molecule has 2 N–H and O–H groups in total. The van der Waals surface area contributed by atoms with Crippen LogP contribution in [0.25, 0.3) is 0 Å². The number of benzene rings is 1. The normalized spacial score (nSPS) is 19.7. The topological polar surface area (TPSA) is 35.5 Å². The Labute approximate surface area is 123 Å². The molecular weight excluding hydrogens is 248 g/mol. The summed E-state index contributed by atoms with van der Waals surface area (Å²) in [5.74, 6) is 0.338. The molecule has 1 fully saturated rings. The molecule has 0 aliphatic carbocycles. The van der Waals surface area contributed by atoms with E-state index in [-0.39, 0.29) is 0 Å². The van der Waals surface area contributed by atoms with E-state index in [4.69, 9.17) is 0 Å². The van der Waals surface area contributed by atoms with E-state index in [9.17, 15) is 5.11 Å². The lowest BCUT2D eigenvalue weighted by molar-refractivity contribution is 0.203. The van der Waals surface area contributed by atoms with E-state index in [2.05, 4.69) is 24.1 Å².